The van der Waals surface area contributed by atoms with Gasteiger partial charge in [0.1, 0.15) is 5.82 Å². The van der Waals surface area contributed by atoms with Crippen LogP contribution in [0.3, 0.4) is 0 Å². The van der Waals surface area contributed by atoms with Crippen molar-refractivity contribution in [1.82, 2.24) is 14.2 Å². The van der Waals surface area contributed by atoms with Gasteiger partial charge in [-0.25, -0.2) is 21.2 Å². The Bertz CT molecular complexity index is 1580. The van der Waals surface area contributed by atoms with Crippen LogP contribution in [0.25, 0.3) is 11.3 Å². The van der Waals surface area contributed by atoms with Gasteiger partial charge in [0, 0.05) is 37.8 Å². The monoisotopic (exact) mass is 503 g/mol. The van der Waals surface area contributed by atoms with Gasteiger partial charge in [-0.15, -0.1) is 0 Å². The molecule has 0 spiro atoms. The van der Waals surface area contributed by atoms with Gasteiger partial charge in [-0.2, -0.15) is 0 Å². The molecular formula is C23H22FN3O5S2. The molecular weight excluding hydrogens is 481 g/mol. The SMILES string of the molecule is Cn1ccc2c(c1=O)C1=C3C(=CN(S(=O)(=O)c4ccc(F)cc4)C3CCN1)C=C2CS(C)(=O)=O. The lowest BCUT2D eigenvalue weighted by molar-refractivity contribution is 0.426. The summed E-state index contributed by atoms with van der Waals surface area (Å²) in [6.45, 7) is 0.416. The maximum atomic E-state index is 13.5. The molecule has 1 aromatic carbocycles. The fraction of sp³-hybridized carbons (Fsp3) is 0.261. The number of sulfone groups is 1. The molecule has 0 saturated carbocycles. The van der Waals surface area contributed by atoms with Crippen molar-refractivity contribution >= 4 is 31.1 Å². The number of pyridine rings is 1. The van der Waals surface area contributed by atoms with Crippen LogP contribution < -0.4 is 10.9 Å². The molecule has 2 aromatic rings. The Labute approximate surface area is 196 Å². The Balaban J connectivity index is 1.76. The highest BCUT2D eigenvalue weighted by Crippen LogP contribution is 2.44. The third-order valence-electron chi connectivity index (χ3n) is 6.21. The van der Waals surface area contributed by atoms with Crippen LogP contribution in [0, 0.1) is 5.82 Å². The second-order valence-electron chi connectivity index (χ2n) is 8.65. The summed E-state index contributed by atoms with van der Waals surface area (Å²) >= 11 is 0. The standard InChI is InChI=1S/C23H22FN3O5S2/c1-26-10-8-18-15(13-33(2,29)30)11-14-12-27(34(31,32)17-5-3-16(24)4-6-17)19-7-9-25-22(20(14)19)21(18)23(26)28/h3-6,8,10-12,19,25H,7,9,13H2,1-2H3. The van der Waals surface area contributed by atoms with Crippen LogP contribution in [0.1, 0.15) is 17.5 Å². The van der Waals surface area contributed by atoms with Crippen LogP contribution in [0.4, 0.5) is 4.39 Å². The number of sulfonamides is 1. The summed E-state index contributed by atoms with van der Waals surface area (Å²) < 4.78 is 67.5. The van der Waals surface area contributed by atoms with Crippen molar-refractivity contribution < 1.29 is 21.2 Å². The molecule has 11 heteroatoms. The number of aryl methyl sites for hydroxylation is 1. The predicted molar refractivity (Wildman–Crippen MR) is 126 cm³/mol. The van der Waals surface area contributed by atoms with Crippen molar-refractivity contribution in [3.63, 3.8) is 0 Å². The summed E-state index contributed by atoms with van der Waals surface area (Å²) in [7, 11) is -5.88. The van der Waals surface area contributed by atoms with Crippen molar-refractivity contribution in [2.45, 2.75) is 17.4 Å². The minimum Gasteiger partial charge on any atom is -0.384 e. The summed E-state index contributed by atoms with van der Waals surface area (Å²) in [5, 5.41) is 3.26. The molecule has 8 nitrogen and oxygen atoms in total. The Morgan fingerprint density at radius 3 is 2.50 bits per heavy atom. The number of nitrogens with zero attached hydrogens (tertiary/aromatic N) is 2. The second kappa shape index (κ2) is 7.67. The molecule has 1 unspecified atom stereocenters. The summed E-state index contributed by atoms with van der Waals surface area (Å²) in [5.74, 6) is -0.850. The number of benzene rings is 1. The maximum Gasteiger partial charge on any atom is 0.264 e. The normalized spacial score (nSPS) is 19.6. The average molecular weight is 504 g/mol. The molecule has 2 aliphatic heterocycles. The van der Waals surface area contributed by atoms with E-state index < -0.39 is 31.7 Å². The first-order chi connectivity index (χ1) is 16.0. The van der Waals surface area contributed by atoms with Crippen molar-refractivity contribution in [2.24, 2.45) is 7.05 Å². The minimum atomic E-state index is -4.03. The fourth-order valence-corrected chi connectivity index (χ4v) is 7.06. The quantitative estimate of drug-likeness (QED) is 0.680. The minimum absolute atomic E-state index is 0.0560. The van der Waals surface area contributed by atoms with E-state index in [0.717, 1.165) is 18.4 Å². The molecule has 3 heterocycles. The van der Waals surface area contributed by atoms with E-state index in [0.29, 0.717) is 46.5 Å². The molecule has 0 bridgehead atoms. The van der Waals surface area contributed by atoms with Crippen molar-refractivity contribution in [2.75, 3.05) is 18.6 Å². The van der Waals surface area contributed by atoms with E-state index in [1.807, 2.05) is 0 Å². The van der Waals surface area contributed by atoms with Gasteiger partial charge < -0.3 is 9.88 Å². The molecule has 1 atom stereocenters. The number of halogens is 1. The molecule has 34 heavy (non-hydrogen) atoms. The molecule has 1 N–H and O–H groups in total. The zero-order valence-corrected chi connectivity index (χ0v) is 20.1. The predicted octanol–water partition coefficient (Wildman–Crippen LogP) is 1.63. The molecule has 3 aliphatic rings. The third-order valence-corrected chi connectivity index (χ3v) is 8.83. The molecule has 5 rings (SSSR count). The van der Waals surface area contributed by atoms with Gasteiger partial charge in [0.05, 0.1) is 28.0 Å². The van der Waals surface area contributed by atoms with Crippen molar-refractivity contribution in [3.05, 3.63) is 87.2 Å². The van der Waals surface area contributed by atoms with Crippen LogP contribution in [0.15, 0.2) is 69.6 Å². The van der Waals surface area contributed by atoms with E-state index in [-0.39, 0.29) is 16.2 Å². The summed E-state index contributed by atoms with van der Waals surface area (Å²) in [4.78, 5) is 13.2. The highest BCUT2D eigenvalue weighted by Gasteiger charge is 2.42. The molecule has 0 amide bonds. The molecule has 178 valence electrons. The topological polar surface area (TPSA) is 106 Å². The molecule has 0 radical (unpaired) electrons. The van der Waals surface area contributed by atoms with Crippen LogP contribution in [0.5, 0.6) is 0 Å². The largest absolute Gasteiger partial charge is 0.384 e. The lowest BCUT2D eigenvalue weighted by atomic mass is 9.92. The van der Waals surface area contributed by atoms with Gasteiger partial charge in [-0.05, 0) is 59.5 Å². The van der Waals surface area contributed by atoms with Crippen molar-refractivity contribution in [1.29, 1.82) is 0 Å². The van der Waals surface area contributed by atoms with E-state index in [9.17, 15) is 26.0 Å². The van der Waals surface area contributed by atoms with E-state index >= 15 is 0 Å². The van der Waals surface area contributed by atoms with E-state index in [2.05, 4.69) is 5.32 Å². The third kappa shape index (κ3) is 3.59. The van der Waals surface area contributed by atoms with Crippen LogP contribution in [-0.4, -0.2) is 50.3 Å². The first kappa shape index (κ1) is 22.6. The smallest absolute Gasteiger partial charge is 0.264 e. The van der Waals surface area contributed by atoms with Gasteiger partial charge in [0.2, 0.25) is 0 Å². The van der Waals surface area contributed by atoms with Gasteiger partial charge >= 0.3 is 0 Å². The van der Waals surface area contributed by atoms with Crippen molar-refractivity contribution in [3.8, 4) is 0 Å². The van der Waals surface area contributed by atoms with E-state index in [1.165, 1.54) is 27.2 Å². The first-order valence-corrected chi connectivity index (χ1v) is 14.1. The Kier molecular flexibility index (Phi) is 5.10. The zero-order valence-electron chi connectivity index (χ0n) is 18.4. The highest BCUT2D eigenvalue weighted by atomic mass is 32.2. The second-order valence-corrected chi connectivity index (χ2v) is 12.6. The van der Waals surface area contributed by atoms with E-state index in [1.54, 1.807) is 25.4 Å². The number of allylic oxidation sites excluding steroid dienone is 1. The summed E-state index contributed by atoms with van der Waals surface area (Å²) in [6, 6.07) is 5.72. The van der Waals surface area contributed by atoms with Gasteiger partial charge in [0.25, 0.3) is 15.6 Å². The number of nitrogens with one attached hydrogen (secondary N) is 1. The van der Waals surface area contributed by atoms with Crippen LogP contribution in [-0.2, 0) is 26.9 Å². The van der Waals surface area contributed by atoms with E-state index in [4.69, 9.17) is 0 Å². The average Bonchev–Trinajstić information content (AvgIpc) is 3.08. The number of hydrogen-bond donors (Lipinski definition) is 1. The number of hydrogen-bond acceptors (Lipinski definition) is 6. The Morgan fingerprint density at radius 1 is 1.12 bits per heavy atom. The summed E-state index contributed by atoms with van der Waals surface area (Å²) in [6.07, 6.45) is 6.27. The van der Waals surface area contributed by atoms with Gasteiger partial charge in [0.15, 0.2) is 9.84 Å². The lowest BCUT2D eigenvalue weighted by Gasteiger charge is -2.31. The van der Waals surface area contributed by atoms with Crippen LogP contribution in [0.2, 0.25) is 0 Å². The molecule has 0 fully saturated rings. The fourth-order valence-electron chi connectivity index (χ4n) is 4.74. The van der Waals surface area contributed by atoms with Gasteiger partial charge in [-0.1, -0.05) is 0 Å². The zero-order chi connectivity index (χ0) is 24.4. The maximum absolute atomic E-state index is 13.5. The van der Waals surface area contributed by atoms with Crippen LogP contribution >= 0.6 is 0 Å². The highest BCUT2D eigenvalue weighted by molar-refractivity contribution is 7.91. The lowest BCUT2D eigenvalue weighted by Crippen LogP contribution is -2.41. The Hall–Kier alpha value is -3.18. The van der Waals surface area contributed by atoms with Gasteiger partial charge in [-0.3, -0.25) is 9.10 Å². The Morgan fingerprint density at radius 2 is 1.82 bits per heavy atom. The molecule has 1 aromatic heterocycles. The number of fused-ring (bicyclic) bond motifs is 2. The number of aromatic nitrogens is 1. The molecule has 1 aliphatic carbocycles. The molecule has 0 saturated heterocycles. The summed E-state index contributed by atoms with van der Waals surface area (Å²) in [5.41, 5.74) is 2.59. The number of rotatable bonds is 4. The first-order valence-electron chi connectivity index (χ1n) is 10.6.